The summed E-state index contributed by atoms with van der Waals surface area (Å²) in [4.78, 5) is 25.3. The third kappa shape index (κ3) is 8.07. The number of carbonyl (C=O) groups is 2. The van der Waals surface area contributed by atoms with E-state index in [-0.39, 0.29) is 18.2 Å². The van der Waals surface area contributed by atoms with Gasteiger partial charge in [0.2, 0.25) is 0 Å². The summed E-state index contributed by atoms with van der Waals surface area (Å²) in [7, 11) is 1.57. The van der Waals surface area contributed by atoms with Crippen molar-refractivity contribution in [2.45, 2.75) is 57.9 Å². The maximum atomic E-state index is 14.3. The second-order valence-corrected chi connectivity index (χ2v) is 11.3. The first kappa shape index (κ1) is 34.1. The van der Waals surface area contributed by atoms with E-state index in [1.165, 1.54) is 30.3 Å². The van der Waals surface area contributed by atoms with E-state index in [2.05, 4.69) is 5.32 Å². The van der Waals surface area contributed by atoms with E-state index in [9.17, 15) is 28.6 Å². The van der Waals surface area contributed by atoms with Gasteiger partial charge >= 0.3 is 5.97 Å². The molecule has 3 aromatic carbocycles. The lowest BCUT2D eigenvalue weighted by Crippen LogP contribution is -2.29. The highest BCUT2D eigenvalue weighted by molar-refractivity contribution is 6.06. The first-order valence-electron chi connectivity index (χ1n) is 14.9. The van der Waals surface area contributed by atoms with E-state index in [4.69, 9.17) is 9.84 Å². The number of aliphatic hydroxyl groups excluding tert-OH is 2. The molecule has 1 amide bonds. The average molecular weight is 633 g/mol. The van der Waals surface area contributed by atoms with Gasteiger partial charge in [-0.3, -0.25) is 9.59 Å². The number of aromatic nitrogens is 1. The van der Waals surface area contributed by atoms with Gasteiger partial charge < -0.3 is 29.9 Å². The zero-order chi connectivity index (χ0) is 33.5. The van der Waals surface area contributed by atoms with Crippen molar-refractivity contribution >= 4 is 18.0 Å². The summed E-state index contributed by atoms with van der Waals surface area (Å²) in [6, 6.07) is 18.0. The van der Waals surface area contributed by atoms with Crippen LogP contribution in [0.5, 0.6) is 5.75 Å². The third-order valence-electron chi connectivity index (χ3n) is 7.60. The van der Waals surface area contributed by atoms with Gasteiger partial charge in [0.25, 0.3) is 5.91 Å². The SMILES string of the molecule is COc1ccc([C@@H](C)NC(=O)c2c(-c3ccc(F)cc3)c(-c3ccc(F)cc3)c(C=C[C@@H](O)C[C@@H](O)CC(=O)O)n2C(C)C)cc1. The number of aliphatic carboxylic acids is 1. The van der Waals surface area contributed by atoms with Crippen LogP contribution < -0.4 is 10.1 Å². The Hall–Kier alpha value is -4.80. The fourth-order valence-corrected chi connectivity index (χ4v) is 5.42. The molecule has 1 aromatic heterocycles. The van der Waals surface area contributed by atoms with Gasteiger partial charge in [0.1, 0.15) is 23.1 Å². The van der Waals surface area contributed by atoms with Crippen LogP contribution in [0.3, 0.4) is 0 Å². The number of carbonyl (C=O) groups excluding carboxylic acids is 1. The highest BCUT2D eigenvalue weighted by Gasteiger charge is 2.30. The number of aliphatic hydroxyl groups is 2. The van der Waals surface area contributed by atoms with Gasteiger partial charge in [-0.1, -0.05) is 42.5 Å². The predicted octanol–water partition coefficient (Wildman–Crippen LogP) is 6.78. The average Bonchev–Trinajstić information content (AvgIpc) is 3.36. The molecule has 10 heteroatoms. The summed E-state index contributed by atoms with van der Waals surface area (Å²) in [6.45, 7) is 5.62. The molecular weight excluding hydrogens is 594 g/mol. The molecule has 0 aliphatic carbocycles. The number of ether oxygens (including phenoxy) is 1. The molecule has 4 N–H and O–H groups in total. The smallest absolute Gasteiger partial charge is 0.305 e. The monoisotopic (exact) mass is 632 g/mol. The minimum atomic E-state index is -1.28. The molecular formula is C36H38F2N2O6. The van der Waals surface area contributed by atoms with Crippen molar-refractivity contribution in [1.29, 1.82) is 0 Å². The molecule has 8 nitrogen and oxygen atoms in total. The Labute approximate surface area is 266 Å². The summed E-state index contributed by atoms with van der Waals surface area (Å²) in [5, 5.41) is 32.9. The van der Waals surface area contributed by atoms with E-state index in [0.29, 0.717) is 33.7 Å². The summed E-state index contributed by atoms with van der Waals surface area (Å²) >= 11 is 0. The van der Waals surface area contributed by atoms with Crippen LogP contribution in [-0.4, -0.2) is 51.1 Å². The molecule has 46 heavy (non-hydrogen) atoms. The Morgan fingerprint density at radius 3 is 1.91 bits per heavy atom. The molecule has 0 saturated carbocycles. The zero-order valence-corrected chi connectivity index (χ0v) is 26.1. The zero-order valence-electron chi connectivity index (χ0n) is 26.1. The lowest BCUT2D eigenvalue weighted by Gasteiger charge is -2.20. The fourth-order valence-electron chi connectivity index (χ4n) is 5.42. The maximum Gasteiger partial charge on any atom is 0.305 e. The van der Waals surface area contributed by atoms with Crippen molar-refractivity contribution in [2.24, 2.45) is 0 Å². The van der Waals surface area contributed by atoms with E-state index in [1.54, 1.807) is 54.2 Å². The number of amides is 1. The van der Waals surface area contributed by atoms with Crippen LogP contribution in [0.1, 0.15) is 67.4 Å². The number of hydrogen-bond donors (Lipinski definition) is 4. The largest absolute Gasteiger partial charge is 0.497 e. The van der Waals surface area contributed by atoms with Gasteiger partial charge in [-0.15, -0.1) is 0 Å². The number of nitrogens with one attached hydrogen (secondary N) is 1. The van der Waals surface area contributed by atoms with E-state index in [1.807, 2.05) is 32.9 Å². The van der Waals surface area contributed by atoms with Gasteiger partial charge in [0, 0.05) is 29.3 Å². The number of hydrogen-bond acceptors (Lipinski definition) is 5. The molecule has 242 valence electrons. The lowest BCUT2D eigenvalue weighted by molar-refractivity contribution is -0.139. The number of rotatable bonds is 13. The van der Waals surface area contributed by atoms with Crippen LogP contribution >= 0.6 is 0 Å². The van der Waals surface area contributed by atoms with Crippen molar-refractivity contribution in [3.05, 3.63) is 107 Å². The van der Waals surface area contributed by atoms with Gasteiger partial charge in [0.15, 0.2) is 0 Å². The number of halogens is 2. The minimum Gasteiger partial charge on any atom is -0.497 e. The molecule has 0 unspecified atom stereocenters. The Balaban J connectivity index is 1.93. The molecule has 0 radical (unpaired) electrons. The van der Waals surface area contributed by atoms with Crippen molar-refractivity contribution < 1.29 is 38.4 Å². The van der Waals surface area contributed by atoms with Crippen molar-refractivity contribution in [1.82, 2.24) is 9.88 Å². The summed E-state index contributed by atoms with van der Waals surface area (Å²) in [5.74, 6) is -1.86. The summed E-state index contributed by atoms with van der Waals surface area (Å²) in [5.41, 5.74) is 3.71. The van der Waals surface area contributed by atoms with Crippen LogP contribution in [0.25, 0.3) is 28.3 Å². The number of nitrogens with zero attached hydrogens (tertiary/aromatic N) is 1. The van der Waals surface area contributed by atoms with Crippen molar-refractivity contribution in [2.75, 3.05) is 7.11 Å². The Morgan fingerprint density at radius 2 is 1.41 bits per heavy atom. The van der Waals surface area contributed by atoms with Gasteiger partial charge in [0.05, 0.1) is 31.8 Å². The highest BCUT2D eigenvalue weighted by Crippen LogP contribution is 2.43. The van der Waals surface area contributed by atoms with Crippen molar-refractivity contribution in [3.63, 3.8) is 0 Å². The molecule has 3 atom stereocenters. The molecule has 0 fully saturated rings. The number of methoxy groups -OCH3 is 1. The molecule has 4 aromatic rings. The highest BCUT2D eigenvalue weighted by atomic mass is 19.1. The Bertz CT molecular complexity index is 1680. The van der Waals surface area contributed by atoms with E-state index in [0.717, 1.165) is 5.56 Å². The standard InChI is InChI=1S/C36H38F2N2O6/c1-21(2)40-31(18-15-28(41)19-29(42)20-32(43)44)33(24-5-11-26(37)12-6-24)34(25-7-13-27(38)14-8-25)35(40)36(45)39-22(3)23-9-16-30(46-4)17-10-23/h5-18,21-22,28-29,41-42H,19-20H2,1-4H3,(H,39,45)(H,43,44)/t22-,28-,29-/m1/s1. The van der Waals surface area contributed by atoms with Crippen LogP contribution in [0.2, 0.25) is 0 Å². The minimum absolute atomic E-state index is 0.228. The predicted molar refractivity (Wildman–Crippen MR) is 172 cm³/mol. The number of benzene rings is 3. The second-order valence-electron chi connectivity index (χ2n) is 11.3. The van der Waals surface area contributed by atoms with Crippen LogP contribution in [-0.2, 0) is 4.79 Å². The normalized spacial score (nSPS) is 13.5. The molecule has 0 aliphatic rings. The molecule has 0 bridgehead atoms. The number of carboxylic acid groups (broad SMARTS) is 1. The first-order valence-corrected chi connectivity index (χ1v) is 14.9. The van der Waals surface area contributed by atoms with Gasteiger partial charge in [-0.25, -0.2) is 8.78 Å². The molecule has 1 heterocycles. The van der Waals surface area contributed by atoms with Gasteiger partial charge in [-0.05, 0) is 79.9 Å². The molecule has 4 rings (SSSR count). The van der Waals surface area contributed by atoms with Crippen LogP contribution in [0, 0.1) is 11.6 Å². The van der Waals surface area contributed by atoms with Crippen LogP contribution in [0.15, 0.2) is 78.9 Å². The topological polar surface area (TPSA) is 121 Å². The second kappa shape index (κ2) is 15.0. The fraction of sp³-hybridized carbons (Fsp3) is 0.278. The Morgan fingerprint density at radius 1 is 0.870 bits per heavy atom. The maximum absolute atomic E-state index is 14.3. The molecule has 0 aliphatic heterocycles. The number of carboxylic acids is 1. The Kier molecular flexibility index (Phi) is 11.1. The third-order valence-corrected chi connectivity index (χ3v) is 7.60. The summed E-state index contributed by atoms with van der Waals surface area (Å²) in [6.07, 6.45) is -0.224. The van der Waals surface area contributed by atoms with Crippen molar-refractivity contribution in [3.8, 4) is 28.0 Å². The summed E-state index contributed by atoms with van der Waals surface area (Å²) < 4.78 is 35.3. The first-order chi connectivity index (χ1) is 21.9. The van der Waals surface area contributed by atoms with Gasteiger partial charge in [-0.2, -0.15) is 0 Å². The molecule has 0 spiro atoms. The lowest BCUT2D eigenvalue weighted by atomic mass is 9.94. The van der Waals surface area contributed by atoms with E-state index >= 15 is 0 Å². The van der Waals surface area contributed by atoms with E-state index < -0.39 is 48.2 Å². The van der Waals surface area contributed by atoms with Crippen LogP contribution in [0.4, 0.5) is 8.78 Å². The molecule has 0 saturated heterocycles. The quantitative estimate of drug-likeness (QED) is 0.129.